The first-order chi connectivity index (χ1) is 17.1. The molecule has 0 atom stereocenters. The van der Waals surface area contributed by atoms with Gasteiger partial charge in [0.1, 0.15) is 17.9 Å². The minimum atomic E-state index is -4.74. The lowest BCUT2D eigenvalue weighted by Gasteiger charge is -2.12. The molecule has 0 saturated carbocycles. The number of amidine groups is 1. The van der Waals surface area contributed by atoms with Crippen LogP contribution in [-0.2, 0) is 0 Å². The summed E-state index contributed by atoms with van der Waals surface area (Å²) in [6.45, 7) is 4.00. The zero-order chi connectivity index (χ0) is 26.1. The third-order valence-corrected chi connectivity index (χ3v) is 4.97. The molecule has 0 amide bonds. The van der Waals surface area contributed by atoms with Crippen molar-refractivity contribution in [3.63, 3.8) is 0 Å². The van der Waals surface area contributed by atoms with Gasteiger partial charge in [-0.2, -0.15) is 5.10 Å². The lowest BCUT2D eigenvalue weighted by Crippen LogP contribution is -2.24. The van der Waals surface area contributed by atoms with Gasteiger partial charge in [-0.3, -0.25) is 5.43 Å². The second kappa shape index (κ2) is 11.9. The number of hydrogen-bond donors (Lipinski definition) is 3. The molecule has 0 heterocycles. The second-order valence-electron chi connectivity index (χ2n) is 7.51. The van der Waals surface area contributed by atoms with Gasteiger partial charge < -0.3 is 15.8 Å². The number of nitrogens with zero attached hydrogens (tertiary/aromatic N) is 3. The van der Waals surface area contributed by atoms with Gasteiger partial charge in [-0.1, -0.05) is 42.5 Å². The van der Waals surface area contributed by atoms with Gasteiger partial charge in [0.15, 0.2) is 5.11 Å². The predicted octanol–water partition coefficient (Wildman–Crippen LogP) is 5.59. The van der Waals surface area contributed by atoms with E-state index in [-0.39, 0.29) is 11.6 Å². The standard InChI is InChI=1S/C25H23F3N6OS/c1-16-4-3-5-17(2)22(16)33-24(36)34-32-14-18-6-8-19(9-7-18)23(29)31-15-30-20-10-12-21(13-11-20)35-25(26,27)28/h3-15H,1-2H3,(H2,29,30,31)(H2,33,34,36)/b32-14+. The fourth-order valence-electron chi connectivity index (χ4n) is 3.02. The lowest BCUT2D eigenvalue weighted by molar-refractivity contribution is -0.274. The van der Waals surface area contributed by atoms with Crippen LogP contribution in [0.2, 0.25) is 0 Å². The molecule has 0 radical (unpaired) electrons. The van der Waals surface area contributed by atoms with Crippen LogP contribution in [0.3, 0.4) is 0 Å². The molecule has 3 aromatic carbocycles. The van der Waals surface area contributed by atoms with E-state index < -0.39 is 6.36 Å². The Kier molecular flexibility index (Phi) is 8.74. The van der Waals surface area contributed by atoms with Crippen molar-refractivity contribution in [2.24, 2.45) is 20.8 Å². The molecular formula is C25H23F3N6OS. The van der Waals surface area contributed by atoms with Gasteiger partial charge in [-0.05, 0) is 67.0 Å². The average Bonchev–Trinajstić information content (AvgIpc) is 2.82. The van der Waals surface area contributed by atoms with Crippen LogP contribution in [0.25, 0.3) is 0 Å². The zero-order valence-electron chi connectivity index (χ0n) is 19.4. The van der Waals surface area contributed by atoms with E-state index in [9.17, 15) is 13.2 Å². The number of ether oxygens (including phenoxy) is 1. The van der Waals surface area contributed by atoms with E-state index in [0.29, 0.717) is 16.4 Å². The van der Waals surface area contributed by atoms with Crippen molar-refractivity contribution in [3.8, 4) is 5.75 Å². The van der Waals surface area contributed by atoms with Crippen LogP contribution >= 0.6 is 12.2 Å². The van der Waals surface area contributed by atoms with Crippen LogP contribution < -0.4 is 21.2 Å². The highest BCUT2D eigenvalue weighted by Crippen LogP contribution is 2.24. The van der Waals surface area contributed by atoms with E-state index in [1.54, 1.807) is 30.5 Å². The number of benzene rings is 3. The van der Waals surface area contributed by atoms with Crippen LogP contribution in [0.4, 0.5) is 24.5 Å². The molecule has 0 saturated heterocycles. The Balaban J connectivity index is 1.53. The SMILES string of the molecule is Cc1cccc(C)c1NC(=S)N/N=C/c1ccc(C(N)=NC=Nc2ccc(OC(F)(F)F)cc2)cc1. The third kappa shape index (κ3) is 8.20. The number of hydrogen-bond acceptors (Lipinski definition) is 4. The van der Waals surface area contributed by atoms with E-state index >= 15 is 0 Å². The Bertz CT molecular complexity index is 1270. The largest absolute Gasteiger partial charge is 0.573 e. The molecule has 7 nitrogen and oxygen atoms in total. The molecule has 0 bridgehead atoms. The number of nitrogens with two attached hydrogens (primary N) is 1. The molecule has 3 rings (SSSR count). The van der Waals surface area contributed by atoms with Crippen LogP contribution in [0, 0.1) is 13.8 Å². The van der Waals surface area contributed by atoms with Gasteiger partial charge in [-0.15, -0.1) is 13.2 Å². The van der Waals surface area contributed by atoms with Crippen molar-refractivity contribution in [2.75, 3.05) is 5.32 Å². The Labute approximate surface area is 211 Å². The van der Waals surface area contributed by atoms with E-state index in [1.807, 2.05) is 32.0 Å². The number of aryl methyl sites for hydroxylation is 2. The summed E-state index contributed by atoms with van der Waals surface area (Å²) in [5.41, 5.74) is 13.7. The monoisotopic (exact) mass is 512 g/mol. The number of nitrogens with one attached hydrogen (secondary N) is 2. The van der Waals surface area contributed by atoms with E-state index in [2.05, 4.69) is 30.6 Å². The molecular weight excluding hydrogens is 489 g/mol. The highest BCUT2D eigenvalue weighted by atomic mass is 32.1. The molecule has 0 fully saturated rings. The quantitative estimate of drug-likeness (QED) is 0.166. The normalized spacial score (nSPS) is 12.2. The van der Waals surface area contributed by atoms with Gasteiger partial charge in [-0.25, -0.2) is 9.98 Å². The lowest BCUT2D eigenvalue weighted by atomic mass is 10.1. The first kappa shape index (κ1) is 26.4. The summed E-state index contributed by atoms with van der Waals surface area (Å²) in [7, 11) is 0. The maximum atomic E-state index is 12.2. The van der Waals surface area contributed by atoms with Crippen molar-refractivity contribution in [1.29, 1.82) is 0 Å². The van der Waals surface area contributed by atoms with Crippen LogP contribution in [0.1, 0.15) is 22.3 Å². The molecule has 4 N–H and O–H groups in total. The Morgan fingerprint density at radius 3 is 2.22 bits per heavy atom. The van der Waals surface area contributed by atoms with Gasteiger partial charge in [0, 0.05) is 11.3 Å². The number of alkyl halides is 3. The molecule has 11 heteroatoms. The smallest absolute Gasteiger partial charge is 0.406 e. The van der Waals surface area contributed by atoms with Crippen LogP contribution in [0.5, 0.6) is 5.75 Å². The van der Waals surface area contributed by atoms with Crippen molar-refractivity contribution < 1.29 is 17.9 Å². The molecule has 36 heavy (non-hydrogen) atoms. The molecule has 0 spiro atoms. The van der Waals surface area contributed by atoms with Crippen LogP contribution in [0.15, 0.2) is 81.8 Å². The van der Waals surface area contributed by atoms with Gasteiger partial charge in [0.25, 0.3) is 0 Å². The van der Waals surface area contributed by atoms with Crippen molar-refractivity contribution in [3.05, 3.63) is 89.0 Å². The fraction of sp³-hybridized carbons (Fsp3) is 0.120. The highest BCUT2D eigenvalue weighted by molar-refractivity contribution is 7.80. The zero-order valence-corrected chi connectivity index (χ0v) is 20.2. The summed E-state index contributed by atoms with van der Waals surface area (Å²) in [6, 6.07) is 18.2. The molecule has 0 aliphatic rings. The Hall–Kier alpha value is -4.25. The summed E-state index contributed by atoms with van der Waals surface area (Å²) >= 11 is 5.30. The molecule has 0 unspecified atom stereocenters. The number of para-hydroxylation sites is 1. The number of hydrazone groups is 1. The highest BCUT2D eigenvalue weighted by Gasteiger charge is 2.30. The third-order valence-electron chi connectivity index (χ3n) is 4.78. The van der Waals surface area contributed by atoms with E-state index in [1.165, 1.54) is 18.5 Å². The minimum absolute atomic E-state index is 0.219. The summed E-state index contributed by atoms with van der Waals surface area (Å²) in [4.78, 5) is 8.11. The molecule has 0 aliphatic carbocycles. The number of aliphatic imine (C=N–C) groups is 2. The number of anilines is 1. The predicted molar refractivity (Wildman–Crippen MR) is 141 cm³/mol. The van der Waals surface area contributed by atoms with E-state index in [0.717, 1.165) is 34.5 Å². The van der Waals surface area contributed by atoms with Crippen molar-refractivity contribution in [2.45, 2.75) is 20.2 Å². The Morgan fingerprint density at radius 1 is 0.972 bits per heavy atom. The maximum Gasteiger partial charge on any atom is 0.573 e. The first-order valence-corrected chi connectivity index (χ1v) is 11.0. The molecule has 0 aromatic heterocycles. The maximum absolute atomic E-state index is 12.2. The topological polar surface area (TPSA) is 96.4 Å². The van der Waals surface area contributed by atoms with E-state index in [4.69, 9.17) is 18.0 Å². The van der Waals surface area contributed by atoms with Gasteiger partial charge in [0.2, 0.25) is 0 Å². The number of thiocarbonyl (C=S) groups is 1. The average molecular weight is 513 g/mol. The Morgan fingerprint density at radius 2 is 1.61 bits per heavy atom. The molecule has 0 aliphatic heterocycles. The summed E-state index contributed by atoms with van der Waals surface area (Å²) < 4.78 is 40.4. The summed E-state index contributed by atoms with van der Waals surface area (Å²) in [5.74, 6) is -0.112. The number of halogens is 3. The van der Waals surface area contributed by atoms with Crippen molar-refractivity contribution in [1.82, 2.24) is 5.43 Å². The summed E-state index contributed by atoms with van der Waals surface area (Å²) in [5, 5.41) is 7.66. The van der Waals surface area contributed by atoms with Crippen LogP contribution in [-0.4, -0.2) is 29.9 Å². The van der Waals surface area contributed by atoms with Gasteiger partial charge in [0.05, 0.1) is 11.9 Å². The fourth-order valence-corrected chi connectivity index (χ4v) is 3.18. The van der Waals surface area contributed by atoms with Gasteiger partial charge >= 0.3 is 6.36 Å². The molecule has 186 valence electrons. The first-order valence-electron chi connectivity index (χ1n) is 10.6. The summed E-state index contributed by atoms with van der Waals surface area (Å²) in [6.07, 6.45) is -1.91. The van der Waals surface area contributed by atoms with Crippen molar-refractivity contribution >= 4 is 47.1 Å². The second-order valence-corrected chi connectivity index (χ2v) is 7.92. The number of rotatable bonds is 7. The molecule has 3 aromatic rings. The minimum Gasteiger partial charge on any atom is -0.406 e.